The van der Waals surface area contributed by atoms with E-state index < -0.39 is 0 Å². The molecule has 0 atom stereocenters. The Morgan fingerprint density at radius 3 is 2.20 bits per heavy atom. The second-order valence-electron chi connectivity index (χ2n) is 4.01. The molecule has 0 unspecified atom stereocenters. The fraction of sp³-hybridized carbons (Fsp3) is 0.900. The molecule has 0 aromatic heterocycles. The van der Waals surface area contributed by atoms with Crippen LogP contribution in [-0.4, -0.2) is 54.3 Å². The zero-order chi connectivity index (χ0) is 10.6. The molecule has 1 amide bonds. The van der Waals surface area contributed by atoms with Gasteiger partial charge in [-0.1, -0.05) is 13.8 Å². The van der Waals surface area contributed by atoms with Crippen molar-refractivity contribution in [3.63, 3.8) is 0 Å². The Kier molecular flexibility index (Phi) is 7.32. The van der Waals surface area contributed by atoms with Crippen LogP contribution in [0.15, 0.2) is 0 Å². The Morgan fingerprint density at radius 2 is 1.80 bits per heavy atom. The molecule has 0 radical (unpaired) electrons. The highest BCUT2D eigenvalue weighted by atomic mass is 35.5. The van der Waals surface area contributed by atoms with Gasteiger partial charge in [-0.3, -0.25) is 9.69 Å². The van der Waals surface area contributed by atoms with Gasteiger partial charge in [0, 0.05) is 44.5 Å². The Morgan fingerprint density at radius 1 is 1.27 bits per heavy atom. The summed E-state index contributed by atoms with van der Waals surface area (Å²) in [6.07, 6.45) is 0. The van der Waals surface area contributed by atoms with Crippen molar-refractivity contribution >= 4 is 29.9 Å². The van der Waals surface area contributed by atoms with E-state index in [1.165, 1.54) is 0 Å². The van der Waals surface area contributed by atoms with Crippen LogP contribution in [0, 0.1) is 5.92 Å². The molecule has 1 aliphatic rings. The zero-order valence-corrected chi connectivity index (χ0v) is 11.0. The van der Waals surface area contributed by atoms with Crippen molar-refractivity contribution in [3.8, 4) is 0 Å². The van der Waals surface area contributed by atoms with Crippen molar-refractivity contribution in [1.82, 2.24) is 9.80 Å². The zero-order valence-electron chi connectivity index (χ0n) is 9.41. The number of carbonyl (C=O) groups is 1. The molecular formula is C10H20Cl2N2O. The maximum absolute atomic E-state index is 11.6. The summed E-state index contributed by atoms with van der Waals surface area (Å²) in [7, 11) is 0. The molecule has 0 aromatic rings. The maximum atomic E-state index is 11.6. The van der Waals surface area contributed by atoms with Gasteiger partial charge in [0.15, 0.2) is 0 Å². The van der Waals surface area contributed by atoms with E-state index in [2.05, 4.69) is 4.90 Å². The number of hydrogen-bond acceptors (Lipinski definition) is 2. The second-order valence-corrected chi connectivity index (χ2v) is 4.39. The summed E-state index contributed by atoms with van der Waals surface area (Å²) in [6, 6.07) is 0. The largest absolute Gasteiger partial charge is 0.340 e. The molecular weight excluding hydrogens is 235 g/mol. The smallest absolute Gasteiger partial charge is 0.225 e. The van der Waals surface area contributed by atoms with Gasteiger partial charge in [-0.25, -0.2) is 0 Å². The summed E-state index contributed by atoms with van der Waals surface area (Å²) in [5, 5.41) is 0. The van der Waals surface area contributed by atoms with Crippen LogP contribution < -0.4 is 0 Å². The van der Waals surface area contributed by atoms with Gasteiger partial charge in [-0.2, -0.15) is 0 Å². The van der Waals surface area contributed by atoms with E-state index in [1.54, 1.807) is 0 Å². The maximum Gasteiger partial charge on any atom is 0.225 e. The van der Waals surface area contributed by atoms with Crippen LogP contribution in [-0.2, 0) is 4.79 Å². The molecule has 0 spiro atoms. The third-order valence-electron chi connectivity index (χ3n) is 2.58. The van der Waals surface area contributed by atoms with Crippen molar-refractivity contribution in [2.45, 2.75) is 13.8 Å². The van der Waals surface area contributed by atoms with Crippen molar-refractivity contribution in [2.24, 2.45) is 5.92 Å². The summed E-state index contributed by atoms with van der Waals surface area (Å²) >= 11 is 5.66. The highest BCUT2D eigenvalue weighted by molar-refractivity contribution is 6.18. The lowest BCUT2D eigenvalue weighted by molar-refractivity contribution is -0.136. The van der Waals surface area contributed by atoms with Gasteiger partial charge in [-0.05, 0) is 0 Å². The van der Waals surface area contributed by atoms with Crippen LogP contribution in [0.25, 0.3) is 0 Å². The van der Waals surface area contributed by atoms with E-state index in [4.69, 9.17) is 11.6 Å². The van der Waals surface area contributed by atoms with E-state index in [-0.39, 0.29) is 24.2 Å². The molecule has 0 N–H and O–H groups in total. The third kappa shape index (κ3) is 4.58. The first-order chi connectivity index (χ1) is 6.65. The standard InChI is InChI=1S/C10H19ClN2O.ClH/c1-9(2)10(14)13-7-5-12(4-3-11)6-8-13;/h9H,3-8H2,1-2H3;1H. The predicted octanol–water partition coefficient (Wildman–Crippen LogP) is 1.45. The van der Waals surface area contributed by atoms with Gasteiger partial charge in [0.05, 0.1) is 0 Å². The van der Waals surface area contributed by atoms with Crippen LogP contribution in [0.5, 0.6) is 0 Å². The number of amides is 1. The monoisotopic (exact) mass is 254 g/mol. The Balaban J connectivity index is 0.00000196. The number of hydrogen-bond donors (Lipinski definition) is 0. The van der Waals surface area contributed by atoms with E-state index in [0.29, 0.717) is 5.88 Å². The lowest BCUT2D eigenvalue weighted by Gasteiger charge is -2.35. The normalized spacial score (nSPS) is 17.7. The number of rotatable bonds is 3. The SMILES string of the molecule is CC(C)C(=O)N1CCN(CCCl)CC1.Cl. The highest BCUT2D eigenvalue weighted by Crippen LogP contribution is 2.06. The molecule has 1 rings (SSSR count). The molecule has 90 valence electrons. The Bertz CT molecular complexity index is 192. The number of alkyl halides is 1. The van der Waals surface area contributed by atoms with E-state index >= 15 is 0 Å². The van der Waals surface area contributed by atoms with Crippen LogP contribution in [0.1, 0.15) is 13.8 Å². The lowest BCUT2D eigenvalue weighted by atomic mass is 10.1. The average molecular weight is 255 g/mol. The van der Waals surface area contributed by atoms with Gasteiger partial charge in [0.25, 0.3) is 0 Å². The number of halogens is 2. The summed E-state index contributed by atoms with van der Waals surface area (Å²) in [5.74, 6) is 1.07. The Hall–Kier alpha value is 0.01000. The van der Waals surface area contributed by atoms with Crippen LogP contribution in [0.2, 0.25) is 0 Å². The molecule has 1 heterocycles. The summed E-state index contributed by atoms with van der Waals surface area (Å²) in [6.45, 7) is 8.48. The molecule has 0 saturated carbocycles. The van der Waals surface area contributed by atoms with Crippen molar-refractivity contribution in [1.29, 1.82) is 0 Å². The molecule has 5 heteroatoms. The molecule has 1 saturated heterocycles. The second kappa shape index (κ2) is 7.31. The first-order valence-corrected chi connectivity index (χ1v) is 5.75. The lowest BCUT2D eigenvalue weighted by Crippen LogP contribution is -2.50. The molecule has 15 heavy (non-hydrogen) atoms. The van der Waals surface area contributed by atoms with E-state index in [9.17, 15) is 4.79 Å². The van der Waals surface area contributed by atoms with Gasteiger partial charge in [-0.15, -0.1) is 24.0 Å². The van der Waals surface area contributed by atoms with Crippen molar-refractivity contribution in [2.75, 3.05) is 38.6 Å². The fourth-order valence-corrected chi connectivity index (χ4v) is 1.92. The fourth-order valence-electron chi connectivity index (χ4n) is 1.68. The predicted molar refractivity (Wildman–Crippen MR) is 65.8 cm³/mol. The van der Waals surface area contributed by atoms with Crippen molar-refractivity contribution in [3.05, 3.63) is 0 Å². The van der Waals surface area contributed by atoms with Gasteiger partial charge in [0.1, 0.15) is 0 Å². The molecule has 3 nitrogen and oxygen atoms in total. The first kappa shape index (κ1) is 15.0. The first-order valence-electron chi connectivity index (χ1n) is 5.22. The van der Waals surface area contributed by atoms with E-state index in [1.807, 2.05) is 18.7 Å². The molecule has 0 aromatic carbocycles. The average Bonchev–Trinajstić information content (AvgIpc) is 2.18. The topological polar surface area (TPSA) is 23.6 Å². The number of nitrogens with zero attached hydrogens (tertiary/aromatic N) is 2. The number of piperazine rings is 1. The van der Waals surface area contributed by atoms with Gasteiger partial charge < -0.3 is 4.90 Å². The minimum atomic E-state index is 0. The number of carbonyl (C=O) groups excluding carboxylic acids is 1. The minimum Gasteiger partial charge on any atom is -0.340 e. The van der Waals surface area contributed by atoms with Crippen LogP contribution >= 0.6 is 24.0 Å². The van der Waals surface area contributed by atoms with Crippen molar-refractivity contribution < 1.29 is 4.79 Å². The summed E-state index contributed by atoms with van der Waals surface area (Å²) < 4.78 is 0. The minimum absolute atomic E-state index is 0. The van der Waals surface area contributed by atoms with Gasteiger partial charge >= 0.3 is 0 Å². The van der Waals surface area contributed by atoms with Gasteiger partial charge in [0.2, 0.25) is 5.91 Å². The molecule has 0 aliphatic carbocycles. The Labute approximate surface area is 103 Å². The molecule has 1 fully saturated rings. The quantitative estimate of drug-likeness (QED) is 0.712. The third-order valence-corrected chi connectivity index (χ3v) is 2.75. The molecule has 1 aliphatic heterocycles. The van der Waals surface area contributed by atoms with Crippen LogP contribution in [0.3, 0.4) is 0 Å². The summed E-state index contributed by atoms with van der Waals surface area (Å²) in [4.78, 5) is 15.9. The summed E-state index contributed by atoms with van der Waals surface area (Å²) in [5.41, 5.74) is 0. The van der Waals surface area contributed by atoms with Crippen LogP contribution in [0.4, 0.5) is 0 Å². The highest BCUT2D eigenvalue weighted by Gasteiger charge is 2.21. The van der Waals surface area contributed by atoms with E-state index in [0.717, 1.165) is 32.7 Å². The molecule has 0 bridgehead atoms.